The van der Waals surface area contributed by atoms with Gasteiger partial charge >= 0.3 is 102 Å². The molecule has 0 saturated heterocycles. The maximum Gasteiger partial charge on any atom is 0.294 e. The Morgan fingerprint density at radius 3 is 1.78 bits per heavy atom. The summed E-state index contributed by atoms with van der Waals surface area (Å²) in [7, 11) is -4.00. The van der Waals surface area contributed by atoms with Gasteiger partial charge in [-0.15, -0.1) is 0 Å². The predicted molar refractivity (Wildman–Crippen MR) is 98.6 cm³/mol. The molecule has 1 aromatic carbocycles. The zero-order valence-corrected chi connectivity index (χ0v) is 17.2. The van der Waals surface area contributed by atoms with E-state index in [-0.39, 0.29) is 4.90 Å². The summed E-state index contributed by atoms with van der Waals surface area (Å²) >= 11 is 1.40. The molecule has 3 nitrogen and oxygen atoms in total. The summed E-state index contributed by atoms with van der Waals surface area (Å²) in [6.07, 6.45) is 14.8. The van der Waals surface area contributed by atoms with Crippen molar-refractivity contribution < 1.29 is 13.0 Å². The van der Waals surface area contributed by atoms with Crippen molar-refractivity contribution in [2.45, 2.75) is 66.4 Å². The van der Waals surface area contributed by atoms with Crippen molar-refractivity contribution in [3.05, 3.63) is 43.0 Å². The van der Waals surface area contributed by atoms with Crippen LogP contribution in [0.2, 0.25) is 3.67 Å². The zero-order valence-electron chi connectivity index (χ0n) is 14.4. The van der Waals surface area contributed by atoms with E-state index in [1.54, 1.807) is 18.2 Å². The number of benzene rings is 1. The molecule has 1 rings (SSSR count). The molecule has 126 valence electrons. The third-order valence-electron chi connectivity index (χ3n) is 3.55. The molecule has 0 aliphatic rings. The Hall–Kier alpha value is -0.130. The van der Waals surface area contributed by atoms with E-state index in [0.29, 0.717) is 0 Å². The first kappa shape index (κ1) is 22.9. The Kier molecular flexibility index (Phi) is 15.3. The summed E-state index contributed by atoms with van der Waals surface area (Å²) in [6.45, 7) is 3.73. The monoisotopic (exact) mass is 348 g/mol. The summed E-state index contributed by atoms with van der Waals surface area (Å²) in [4.78, 5) is -0.0741. The average Bonchev–Trinajstić information content (AvgIpc) is 2.54. The molecule has 0 amide bonds. The van der Waals surface area contributed by atoms with Crippen molar-refractivity contribution in [2.75, 3.05) is 0 Å². The van der Waals surface area contributed by atoms with Crippen LogP contribution in [0, 0.1) is 0 Å². The van der Waals surface area contributed by atoms with Crippen LogP contribution in [0.25, 0.3) is 0 Å². The van der Waals surface area contributed by atoms with Gasteiger partial charge in [0.1, 0.15) is 0 Å². The van der Waals surface area contributed by atoms with E-state index in [9.17, 15) is 8.42 Å². The van der Waals surface area contributed by atoms with E-state index in [0.717, 1.165) is 0 Å². The number of allylic oxidation sites excluding steroid dienone is 1. The molecule has 0 fully saturated rings. The summed E-state index contributed by atoms with van der Waals surface area (Å²) in [5.74, 6) is 0. The van der Waals surface area contributed by atoms with Crippen LogP contribution in [-0.4, -0.2) is 40.9 Å². The largest absolute Gasteiger partial charge is 0.294 e. The fraction of sp³-hybridized carbons (Fsp3) is 0.556. The van der Waals surface area contributed by atoms with Crippen molar-refractivity contribution in [1.82, 2.24) is 0 Å². The summed E-state index contributed by atoms with van der Waals surface area (Å²) in [5.41, 5.74) is 0. The molecular formula is C18H29NaO3S. The first-order valence-corrected chi connectivity index (χ1v) is 11.5. The molecule has 0 heterocycles. The Bertz CT molecular complexity index is 486. The van der Waals surface area contributed by atoms with E-state index in [4.69, 9.17) is 4.55 Å². The minimum absolute atomic E-state index is 0.0741. The van der Waals surface area contributed by atoms with E-state index < -0.39 is 10.1 Å². The third-order valence-corrected chi connectivity index (χ3v) is 5.13. The van der Waals surface area contributed by atoms with Crippen LogP contribution in [0.1, 0.15) is 57.8 Å². The number of hydrogen-bond acceptors (Lipinski definition) is 2. The molecule has 0 aromatic heterocycles. The molecule has 0 unspecified atom stereocenters. The van der Waals surface area contributed by atoms with Gasteiger partial charge in [0.25, 0.3) is 10.1 Å². The molecule has 23 heavy (non-hydrogen) atoms. The third kappa shape index (κ3) is 15.2. The SMILES string of the molecule is C=CCCCCCCCCC[CH2][Na].O=S(=O)(O)c1ccccc1. The second-order valence-electron chi connectivity index (χ2n) is 5.69. The summed E-state index contributed by atoms with van der Waals surface area (Å²) in [5, 5.41) is 0. The molecule has 1 aromatic rings. The Morgan fingerprint density at radius 2 is 1.39 bits per heavy atom. The molecule has 0 radical (unpaired) electrons. The second-order valence-corrected chi connectivity index (χ2v) is 8.12. The maximum atomic E-state index is 10.4. The minimum Gasteiger partial charge on any atom is -0.282 e. The van der Waals surface area contributed by atoms with Crippen LogP contribution in [0.3, 0.4) is 0 Å². The second kappa shape index (κ2) is 15.4. The fourth-order valence-corrected chi connectivity index (χ4v) is 3.19. The number of hydrogen-bond donors (Lipinski definition) is 1. The van der Waals surface area contributed by atoms with Gasteiger partial charge in [-0.25, -0.2) is 0 Å². The Labute approximate surface area is 159 Å². The van der Waals surface area contributed by atoms with Crippen LogP contribution >= 0.6 is 0 Å². The summed E-state index contributed by atoms with van der Waals surface area (Å²) < 4.78 is 30.7. The molecular weight excluding hydrogens is 319 g/mol. The van der Waals surface area contributed by atoms with E-state index in [2.05, 4.69) is 6.58 Å². The van der Waals surface area contributed by atoms with Gasteiger partial charge in [0.15, 0.2) is 0 Å². The quantitative estimate of drug-likeness (QED) is 0.259. The predicted octanol–water partition coefficient (Wildman–Crippen LogP) is 5.20. The molecule has 1 N–H and O–H groups in total. The van der Waals surface area contributed by atoms with E-state index in [1.165, 1.54) is 102 Å². The van der Waals surface area contributed by atoms with Crippen molar-refractivity contribution in [1.29, 1.82) is 0 Å². The number of rotatable bonds is 11. The van der Waals surface area contributed by atoms with E-state index >= 15 is 0 Å². The molecule has 5 heteroatoms. The molecule has 0 aliphatic heterocycles. The van der Waals surface area contributed by atoms with Crippen molar-refractivity contribution >= 4 is 38.0 Å². The van der Waals surface area contributed by atoms with Gasteiger partial charge in [-0.1, -0.05) is 18.2 Å². The van der Waals surface area contributed by atoms with Gasteiger partial charge < -0.3 is 0 Å². The van der Waals surface area contributed by atoms with Gasteiger partial charge in [0, 0.05) is 0 Å². The van der Waals surface area contributed by atoms with Crippen molar-refractivity contribution in [2.24, 2.45) is 0 Å². The fourth-order valence-electron chi connectivity index (χ4n) is 2.19. The van der Waals surface area contributed by atoms with Crippen LogP contribution in [0.4, 0.5) is 0 Å². The van der Waals surface area contributed by atoms with Crippen LogP contribution in [-0.2, 0) is 10.1 Å². The minimum atomic E-state index is -4.00. The average molecular weight is 348 g/mol. The zero-order chi connectivity index (χ0) is 17.4. The summed E-state index contributed by atoms with van der Waals surface area (Å²) in [6, 6.07) is 7.42. The van der Waals surface area contributed by atoms with Crippen LogP contribution in [0.15, 0.2) is 47.9 Å². The van der Waals surface area contributed by atoms with Crippen molar-refractivity contribution in [3.63, 3.8) is 0 Å². The Morgan fingerprint density at radius 1 is 0.913 bits per heavy atom. The van der Waals surface area contributed by atoms with Gasteiger partial charge in [-0.2, -0.15) is 8.42 Å². The molecule has 0 atom stereocenters. The van der Waals surface area contributed by atoms with Crippen LogP contribution < -0.4 is 0 Å². The van der Waals surface area contributed by atoms with Gasteiger partial charge in [0.2, 0.25) is 0 Å². The first-order valence-electron chi connectivity index (χ1n) is 8.65. The van der Waals surface area contributed by atoms with Crippen molar-refractivity contribution in [3.8, 4) is 0 Å². The van der Waals surface area contributed by atoms with Gasteiger partial charge in [0.05, 0.1) is 4.90 Å². The first-order chi connectivity index (χ1) is 11.0. The normalized spacial score (nSPS) is 10.7. The molecule has 0 bridgehead atoms. The standard InChI is InChI=1S/C12H23.C6H6O3S.Na/c1-3-5-7-9-11-12-10-8-6-4-2;7-10(8,9)6-4-2-1-3-5-6;/h3H,1-2,4-12H2;1-5H,(H,7,8,9);. The van der Waals surface area contributed by atoms with E-state index in [1.807, 2.05) is 6.08 Å². The maximum absolute atomic E-state index is 10.4. The molecule has 0 spiro atoms. The van der Waals surface area contributed by atoms with Gasteiger partial charge in [-0.05, 0) is 12.1 Å². The van der Waals surface area contributed by atoms with Gasteiger partial charge in [-0.3, -0.25) is 4.55 Å². The molecule has 0 saturated carbocycles. The topological polar surface area (TPSA) is 54.4 Å². The molecule has 0 aliphatic carbocycles. The smallest absolute Gasteiger partial charge is 0.282 e. The number of unbranched alkanes of at least 4 members (excludes halogenated alkanes) is 8. The van der Waals surface area contributed by atoms with Crippen LogP contribution in [0.5, 0.6) is 0 Å². The Balaban J connectivity index is 0.000000433.